The van der Waals surface area contributed by atoms with Crippen LogP contribution >= 0.6 is 11.8 Å². The van der Waals surface area contributed by atoms with Crippen LogP contribution in [0.1, 0.15) is 23.5 Å². The van der Waals surface area contributed by atoms with Crippen LogP contribution in [0.3, 0.4) is 0 Å². The first kappa shape index (κ1) is 9.59. The number of rotatable bonds is 1. The van der Waals surface area contributed by atoms with Gasteiger partial charge in [0.05, 0.1) is 5.92 Å². The summed E-state index contributed by atoms with van der Waals surface area (Å²) in [4.78, 5) is 12.2. The van der Waals surface area contributed by atoms with Crippen molar-refractivity contribution in [3.8, 4) is 0 Å². The average Bonchev–Trinajstić information content (AvgIpc) is 2.17. The van der Waals surface area contributed by atoms with Gasteiger partial charge in [-0.05, 0) is 30.2 Å². The molecule has 0 saturated heterocycles. The first-order valence-corrected chi connectivity index (χ1v) is 5.64. The Morgan fingerprint density at radius 3 is 3.07 bits per heavy atom. The number of aryl methyl sites for hydroxylation is 1. The van der Waals surface area contributed by atoms with Gasteiger partial charge < -0.3 is 5.11 Å². The number of carboxylic acid groups (broad SMARTS) is 1. The van der Waals surface area contributed by atoms with Gasteiger partial charge in [-0.3, -0.25) is 4.79 Å². The van der Waals surface area contributed by atoms with E-state index < -0.39 is 5.97 Å². The second-order valence-corrected chi connectivity index (χ2v) is 4.63. The summed E-state index contributed by atoms with van der Waals surface area (Å²) in [5.41, 5.74) is 2.19. The Morgan fingerprint density at radius 2 is 2.36 bits per heavy atom. The third kappa shape index (κ3) is 1.52. The van der Waals surface area contributed by atoms with Gasteiger partial charge >= 0.3 is 5.97 Å². The summed E-state index contributed by atoms with van der Waals surface area (Å²) in [6.07, 6.45) is 0.746. The fourth-order valence-corrected chi connectivity index (χ4v) is 3.07. The Bertz CT molecular complexity index is 374. The van der Waals surface area contributed by atoms with E-state index in [0.717, 1.165) is 17.7 Å². The number of hydrogen-bond acceptors (Lipinski definition) is 2. The molecule has 1 aliphatic heterocycles. The zero-order valence-corrected chi connectivity index (χ0v) is 8.80. The Balaban J connectivity index is 2.49. The molecule has 1 aromatic carbocycles. The summed E-state index contributed by atoms with van der Waals surface area (Å²) < 4.78 is 0. The largest absolute Gasteiger partial charge is 0.481 e. The lowest BCUT2D eigenvalue weighted by Crippen LogP contribution is -2.17. The Labute approximate surface area is 87.3 Å². The molecule has 14 heavy (non-hydrogen) atoms. The molecule has 0 aliphatic carbocycles. The summed E-state index contributed by atoms with van der Waals surface area (Å²) in [6.45, 7) is 2.04. The van der Waals surface area contributed by atoms with E-state index in [0.29, 0.717) is 0 Å². The van der Waals surface area contributed by atoms with Crippen molar-refractivity contribution in [2.45, 2.75) is 24.2 Å². The lowest BCUT2D eigenvalue weighted by atomic mass is 9.94. The first-order chi connectivity index (χ1) is 6.70. The molecular weight excluding hydrogens is 196 g/mol. The van der Waals surface area contributed by atoms with Crippen LogP contribution < -0.4 is 0 Å². The molecule has 2 nitrogen and oxygen atoms in total. The van der Waals surface area contributed by atoms with Crippen molar-refractivity contribution >= 4 is 17.7 Å². The highest BCUT2D eigenvalue weighted by Gasteiger charge is 2.26. The Kier molecular flexibility index (Phi) is 2.50. The molecule has 74 valence electrons. The van der Waals surface area contributed by atoms with E-state index >= 15 is 0 Å². The van der Waals surface area contributed by atoms with Crippen LogP contribution in [0, 0.1) is 6.92 Å². The molecule has 0 radical (unpaired) electrons. The van der Waals surface area contributed by atoms with E-state index in [1.165, 1.54) is 10.5 Å². The number of carboxylic acids is 1. The number of hydrogen-bond donors (Lipinski definition) is 1. The van der Waals surface area contributed by atoms with Crippen LogP contribution in [0.4, 0.5) is 0 Å². The SMILES string of the molecule is Cc1cccc2c1SCCC2C(=O)O. The van der Waals surface area contributed by atoms with E-state index in [4.69, 9.17) is 5.11 Å². The van der Waals surface area contributed by atoms with E-state index in [-0.39, 0.29) is 5.92 Å². The van der Waals surface area contributed by atoms with E-state index in [9.17, 15) is 4.79 Å². The van der Waals surface area contributed by atoms with Crippen LogP contribution in [0.15, 0.2) is 23.1 Å². The van der Waals surface area contributed by atoms with Gasteiger partial charge in [0, 0.05) is 4.90 Å². The van der Waals surface area contributed by atoms with Crippen LogP contribution in [-0.2, 0) is 4.79 Å². The summed E-state index contributed by atoms with van der Waals surface area (Å²) in [7, 11) is 0. The van der Waals surface area contributed by atoms with Gasteiger partial charge in [0.15, 0.2) is 0 Å². The van der Waals surface area contributed by atoms with Crippen molar-refractivity contribution in [2.75, 3.05) is 5.75 Å². The predicted octanol–water partition coefficient (Wildman–Crippen LogP) is 2.66. The van der Waals surface area contributed by atoms with E-state index in [1.54, 1.807) is 11.8 Å². The van der Waals surface area contributed by atoms with Gasteiger partial charge in [-0.15, -0.1) is 11.8 Å². The zero-order chi connectivity index (χ0) is 10.1. The summed E-state index contributed by atoms with van der Waals surface area (Å²) in [6, 6.07) is 5.92. The highest BCUT2D eigenvalue weighted by Crippen LogP contribution is 2.39. The monoisotopic (exact) mass is 208 g/mol. The highest BCUT2D eigenvalue weighted by molar-refractivity contribution is 7.99. The number of benzene rings is 1. The van der Waals surface area contributed by atoms with Gasteiger partial charge in [0.2, 0.25) is 0 Å². The number of aliphatic carboxylic acids is 1. The third-order valence-electron chi connectivity index (χ3n) is 2.57. The summed E-state index contributed by atoms with van der Waals surface area (Å²) in [5, 5.41) is 9.07. The Hall–Kier alpha value is -0.960. The quantitative estimate of drug-likeness (QED) is 0.771. The lowest BCUT2D eigenvalue weighted by Gasteiger charge is -2.23. The molecule has 0 amide bonds. The summed E-state index contributed by atoms with van der Waals surface area (Å²) >= 11 is 1.77. The van der Waals surface area contributed by atoms with Crippen LogP contribution in [0.2, 0.25) is 0 Å². The van der Waals surface area contributed by atoms with Crippen molar-refractivity contribution in [1.29, 1.82) is 0 Å². The van der Waals surface area contributed by atoms with Gasteiger partial charge in [0.1, 0.15) is 0 Å². The van der Waals surface area contributed by atoms with Gasteiger partial charge in [-0.2, -0.15) is 0 Å². The molecule has 0 spiro atoms. The molecule has 0 aromatic heterocycles. The van der Waals surface area contributed by atoms with Gasteiger partial charge in [-0.1, -0.05) is 18.2 Å². The molecular formula is C11H12O2S. The molecule has 1 atom stereocenters. The minimum absolute atomic E-state index is 0.300. The normalized spacial score (nSPS) is 20.2. The van der Waals surface area contributed by atoms with Gasteiger partial charge in [0.25, 0.3) is 0 Å². The number of fused-ring (bicyclic) bond motifs is 1. The Morgan fingerprint density at radius 1 is 1.57 bits per heavy atom. The average molecular weight is 208 g/mol. The third-order valence-corrected chi connectivity index (χ3v) is 3.85. The zero-order valence-electron chi connectivity index (χ0n) is 7.99. The minimum Gasteiger partial charge on any atom is -0.481 e. The molecule has 0 bridgehead atoms. The topological polar surface area (TPSA) is 37.3 Å². The molecule has 1 unspecified atom stereocenters. The fraction of sp³-hybridized carbons (Fsp3) is 0.364. The maximum atomic E-state index is 11.0. The predicted molar refractivity (Wildman–Crippen MR) is 56.9 cm³/mol. The minimum atomic E-state index is -0.697. The van der Waals surface area contributed by atoms with Crippen molar-refractivity contribution in [3.05, 3.63) is 29.3 Å². The number of carbonyl (C=O) groups is 1. The fourth-order valence-electron chi connectivity index (χ4n) is 1.84. The maximum absolute atomic E-state index is 11.0. The van der Waals surface area contributed by atoms with Crippen LogP contribution in [0.25, 0.3) is 0 Å². The van der Waals surface area contributed by atoms with E-state index in [2.05, 4.69) is 0 Å². The van der Waals surface area contributed by atoms with Crippen molar-refractivity contribution in [1.82, 2.24) is 0 Å². The van der Waals surface area contributed by atoms with Gasteiger partial charge in [-0.25, -0.2) is 0 Å². The van der Waals surface area contributed by atoms with Crippen LogP contribution in [-0.4, -0.2) is 16.8 Å². The summed E-state index contributed by atoms with van der Waals surface area (Å²) in [5.74, 6) is -0.0854. The molecule has 1 aliphatic rings. The lowest BCUT2D eigenvalue weighted by molar-refractivity contribution is -0.138. The smallest absolute Gasteiger partial charge is 0.311 e. The molecule has 1 heterocycles. The molecule has 1 N–H and O–H groups in total. The van der Waals surface area contributed by atoms with E-state index in [1.807, 2.05) is 25.1 Å². The molecule has 3 heteroatoms. The van der Waals surface area contributed by atoms with Crippen molar-refractivity contribution in [2.24, 2.45) is 0 Å². The van der Waals surface area contributed by atoms with Crippen LogP contribution in [0.5, 0.6) is 0 Å². The molecule has 0 saturated carbocycles. The second kappa shape index (κ2) is 3.65. The molecule has 2 rings (SSSR count). The highest BCUT2D eigenvalue weighted by atomic mass is 32.2. The van der Waals surface area contributed by atoms with Crippen molar-refractivity contribution < 1.29 is 9.90 Å². The second-order valence-electron chi connectivity index (χ2n) is 3.52. The van der Waals surface area contributed by atoms with Crippen molar-refractivity contribution in [3.63, 3.8) is 0 Å². The number of thioether (sulfide) groups is 1. The molecule has 0 fully saturated rings. The first-order valence-electron chi connectivity index (χ1n) is 4.65. The molecule has 1 aromatic rings. The maximum Gasteiger partial charge on any atom is 0.311 e. The standard InChI is InChI=1S/C11H12O2S/c1-7-3-2-4-8-9(11(12)13)5-6-14-10(7)8/h2-4,9H,5-6H2,1H3,(H,12,13).